The minimum Gasteiger partial charge on any atom is -0.506 e. The summed E-state index contributed by atoms with van der Waals surface area (Å²) in [6.07, 6.45) is 6.44. The van der Waals surface area contributed by atoms with E-state index >= 15 is 0 Å². The largest absolute Gasteiger partial charge is 0.506 e. The number of carbonyl (C=O) groups is 3. The van der Waals surface area contributed by atoms with E-state index < -0.39 is 41.6 Å². The van der Waals surface area contributed by atoms with Crippen LogP contribution in [0.5, 0.6) is 5.75 Å². The zero-order chi connectivity index (χ0) is 38.9. The van der Waals surface area contributed by atoms with E-state index in [1.165, 1.54) is 74.8 Å². The van der Waals surface area contributed by atoms with Gasteiger partial charge in [-0.3, -0.25) is 38.9 Å². The van der Waals surface area contributed by atoms with Gasteiger partial charge >= 0.3 is 0 Å². The van der Waals surface area contributed by atoms with Gasteiger partial charge in [-0.05, 0) is 67.4 Å². The number of azo groups is 1. The number of nitrogens with zero attached hydrogens (tertiary/aromatic N) is 5. The van der Waals surface area contributed by atoms with Crippen molar-refractivity contribution in [1.82, 2.24) is 9.97 Å². The number of allylic oxidation sites excluding steroid dienone is 2. The molecule has 0 amide bonds. The van der Waals surface area contributed by atoms with Crippen LogP contribution >= 0.6 is 0 Å². The van der Waals surface area contributed by atoms with Gasteiger partial charge in [-0.25, -0.2) is 0 Å². The first-order valence-corrected chi connectivity index (χ1v) is 18.4. The molecule has 0 saturated heterocycles. The Morgan fingerprint density at radius 2 is 1.44 bits per heavy atom. The molecule has 5 aromatic rings. The lowest BCUT2D eigenvalue weighted by atomic mass is 9.91. The number of aromatic nitrogens is 2. The van der Waals surface area contributed by atoms with Crippen molar-refractivity contribution in [2.45, 2.75) is 23.6 Å². The van der Waals surface area contributed by atoms with Crippen molar-refractivity contribution < 1.29 is 45.4 Å². The van der Waals surface area contributed by atoms with Crippen LogP contribution < -0.4 is 5.43 Å². The number of rotatable bonds is 10. The van der Waals surface area contributed by atoms with Gasteiger partial charge in [0.1, 0.15) is 38.2 Å². The van der Waals surface area contributed by atoms with Crippen molar-refractivity contribution in [2.24, 2.45) is 15.3 Å². The number of ketones is 3. The van der Waals surface area contributed by atoms with Crippen LogP contribution in [0.4, 0.5) is 17.1 Å². The Balaban J connectivity index is 1.31. The Labute approximate surface area is 306 Å². The van der Waals surface area contributed by atoms with Gasteiger partial charge in [-0.2, -0.15) is 27.1 Å². The van der Waals surface area contributed by atoms with E-state index in [1.54, 1.807) is 24.3 Å². The molecule has 1 aliphatic carbocycles. The van der Waals surface area contributed by atoms with Crippen molar-refractivity contribution in [3.05, 3.63) is 113 Å². The number of pyridine rings is 2. The standard InChI is InChI=1S/C36H26N6O10S2/c1-19(43)27-17-29(36(46)35-25(27)5-3-14-38-35)42-40-24-12-10-22(32(16-24)54(50,51)52)8-7-21-9-11-23(15-31(21)53(47,48)49)39-41-28-18-30(45)34-26(6-4-13-37-34)33(28)20(2)44/h3-18,40,45H,1-2H3,(H,47,48,49)(H,50,51,52). The summed E-state index contributed by atoms with van der Waals surface area (Å²) in [7, 11) is -9.80. The predicted octanol–water partition coefficient (Wildman–Crippen LogP) is 6.25. The van der Waals surface area contributed by atoms with Crippen LogP contribution in [-0.2, 0) is 25.0 Å². The van der Waals surface area contributed by atoms with Crippen LogP contribution in [-0.4, -0.2) is 64.1 Å². The Bertz CT molecular complexity index is 2790. The summed E-state index contributed by atoms with van der Waals surface area (Å²) in [6, 6.07) is 14.7. The molecule has 0 spiro atoms. The Morgan fingerprint density at radius 3 is 2.11 bits per heavy atom. The van der Waals surface area contributed by atoms with Crippen LogP contribution in [0.1, 0.15) is 51.4 Å². The fraction of sp³-hybridized carbons (Fsp3) is 0.0556. The molecule has 6 rings (SSSR count). The maximum absolute atomic E-state index is 13.0. The van der Waals surface area contributed by atoms with Gasteiger partial charge in [0, 0.05) is 35.0 Å². The maximum Gasteiger partial charge on any atom is 0.295 e. The molecular weight excluding hydrogens is 741 g/mol. The lowest BCUT2D eigenvalue weighted by Crippen LogP contribution is -2.23. The summed E-state index contributed by atoms with van der Waals surface area (Å²) < 4.78 is 69.7. The van der Waals surface area contributed by atoms with Crippen LogP contribution in [0.3, 0.4) is 0 Å². The summed E-state index contributed by atoms with van der Waals surface area (Å²) in [5, 5.41) is 22.8. The number of nitrogens with one attached hydrogen (secondary N) is 1. The number of hydrogen-bond donors (Lipinski definition) is 4. The van der Waals surface area contributed by atoms with E-state index in [0.29, 0.717) is 10.9 Å². The van der Waals surface area contributed by atoms with Gasteiger partial charge in [-0.15, -0.1) is 5.11 Å². The van der Waals surface area contributed by atoms with Crippen molar-refractivity contribution in [3.63, 3.8) is 0 Å². The van der Waals surface area contributed by atoms with E-state index in [2.05, 4.69) is 30.7 Å². The molecule has 3 aromatic carbocycles. The molecule has 0 atom stereocenters. The normalized spacial score (nSPS) is 14.1. The predicted molar refractivity (Wildman–Crippen MR) is 197 cm³/mol. The highest BCUT2D eigenvalue weighted by Crippen LogP contribution is 2.36. The van der Waals surface area contributed by atoms with Gasteiger partial charge in [0.15, 0.2) is 11.6 Å². The molecule has 0 unspecified atom stereocenters. The van der Waals surface area contributed by atoms with Gasteiger partial charge in [0.25, 0.3) is 20.2 Å². The van der Waals surface area contributed by atoms with Crippen LogP contribution in [0.2, 0.25) is 0 Å². The number of anilines is 1. The monoisotopic (exact) mass is 766 g/mol. The number of hydrogen-bond acceptors (Lipinski definition) is 14. The van der Waals surface area contributed by atoms with E-state index in [0.717, 1.165) is 12.1 Å². The molecule has 2 heterocycles. The lowest BCUT2D eigenvalue weighted by molar-refractivity contribution is -0.111. The second-order valence-electron chi connectivity index (χ2n) is 11.7. The number of Topliss-reactive ketones (excluding diaryl/α,β-unsaturated/α-hetero) is 3. The molecule has 0 bridgehead atoms. The molecule has 4 N–H and O–H groups in total. The number of phenolic OH excluding ortho intramolecular Hbond substituents is 1. The van der Waals surface area contributed by atoms with Gasteiger partial charge < -0.3 is 5.11 Å². The summed E-state index contributed by atoms with van der Waals surface area (Å²) in [4.78, 5) is 44.6. The fourth-order valence-corrected chi connectivity index (χ4v) is 6.99. The molecule has 2 aromatic heterocycles. The van der Waals surface area contributed by atoms with Crippen molar-refractivity contribution in [3.8, 4) is 5.75 Å². The van der Waals surface area contributed by atoms with Crippen LogP contribution in [0.15, 0.2) is 110 Å². The third-order valence-electron chi connectivity index (χ3n) is 7.99. The SMILES string of the molecule is CC(=O)C1=CC(=NNc2ccc(C=Cc3ccc(N=Nc4cc(O)c5ncccc5c4C(C)=O)cc3S(=O)(=O)O)c(S(=O)(=O)O)c2)C(=O)c2ncccc21. The molecule has 16 nitrogen and oxygen atoms in total. The van der Waals surface area contributed by atoms with E-state index in [9.17, 15) is 45.4 Å². The average molecular weight is 767 g/mol. The first kappa shape index (κ1) is 37.2. The zero-order valence-corrected chi connectivity index (χ0v) is 29.6. The highest BCUT2D eigenvalue weighted by Gasteiger charge is 2.28. The molecule has 0 radical (unpaired) electrons. The third kappa shape index (κ3) is 7.62. The Hall–Kier alpha value is -6.60. The first-order chi connectivity index (χ1) is 25.5. The summed E-state index contributed by atoms with van der Waals surface area (Å²) in [6.45, 7) is 2.61. The number of phenols is 1. The van der Waals surface area contributed by atoms with E-state index in [-0.39, 0.29) is 67.8 Å². The number of aromatic hydroxyl groups is 1. The summed E-state index contributed by atoms with van der Waals surface area (Å²) in [5.74, 6) is -1.60. The highest BCUT2D eigenvalue weighted by molar-refractivity contribution is 7.86. The third-order valence-corrected chi connectivity index (χ3v) is 9.81. The minimum atomic E-state index is -4.90. The molecule has 272 valence electrons. The summed E-state index contributed by atoms with van der Waals surface area (Å²) >= 11 is 0. The Morgan fingerprint density at radius 1 is 0.796 bits per heavy atom. The average Bonchev–Trinajstić information content (AvgIpc) is 3.12. The molecular formula is C36H26N6O10S2. The highest BCUT2D eigenvalue weighted by atomic mass is 32.2. The molecule has 1 aliphatic rings. The lowest BCUT2D eigenvalue weighted by Gasteiger charge is -2.15. The second kappa shape index (κ2) is 14.4. The minimum absolute atomic E-state index is 0.00956. The van der Waals surface area contributed by atoms with Crippen molar-refractivity contribution in [1.29, 1.82) is 0 Å². The topological polar surface area (TPSA) is 255 Å². The van der Waals surface area contributed by atoms with Gasteiger partial charge in [-0.1, -0.05) is 36.4 Å². The zero-order valence-electron chi connectivity index (χ0n) is 28.0. The summed E-state index contributed by atoms with van der Waals surface area (Å²) in [5.41, 5.74) is 2.91. The van der Waals surface area contributed by atoms with Gasteiger partial charge in [0.05, 0.1) is 16.9 Å². The Kier molecular flexibility index (Phi) is 9.93. The van der Waals surface area contributed by atoms with E-state index in [4.69, 9.17) is 0 Å². The number of benzene rings is 3. The second-order valence-corrected chi connectivity index (χ2v) is 14.4. The van der Waals surface area contributed by atoms with Gasteiger partial charge in [0.2, 0.25) is 5.78 Å². The van der Waals surface area contributed by atoms with E-state index in [1.807, 2.05) is 0 Å². The first-order valence-electron chi connectivity index (χ1n) is 15.5. The molecule has 18 heteroatoms. The van der Waals surface area contributed by atoms with Crippen LogP contribution in [0, 0.1) is 0 Å². The molecule has 54 heavy (non-hydrogen) atoms. The number of hydrazone groups is 1. The van der Waals surface area contributed by atoms with Crippen molar-refractivity contribution in [2.75, 3.05) is 5.43 Å². The quantitative estimate of drug-likeness (QED) is 0.0403. The molecule has 0 aliphatic heterocycles. The number of fused-ring (bicyclic) bond motifs is 2. The number of carbonyl (C=O) groups excluding carboxylic acids is 3. The fourth-order valence-electron chi connectivity index (χ4n) is 5.57. The smallest absolute Gasteiger partial charge is 0.295 e. The van der Waals surface area contributed by atoms with Crippen LogP contribution in [0.25, 0.3) is 28.6 Å². The van der Waals surface area contributed by atoms with Crippen molar-refractivity contribution >= 4 is 89.0 Å². The molecule has 0 saturated carbocycles. The maximum atomic E-state index is 13.0. The molecule has 0 fully saturated rings.